The summed E-state index contributed by atoms with van der Waals surface area (Å²) >= 11 is 0. The summed E-state index contributed by atoms with van der Waals surface area (Å²) in [4.78, 5) is 4.35. The van der Waals surface area contributed by atoms with Crippen molar-refractivity contribution in [3.05, 3.63) is 11.7 Å². The Morgan fingerprint density at radius 1 is 1.60 bits per heavy atom. The summed E-state index contributed by atoms with van der Waals surface area (Å²) in [6, 6.07) is 0.204. The fraction of sp³-hybridized carbons (Fsp3) is 0.800. The minimum Gasteiger partial charge on any atom is -0.374 e. The Labute approximate surface area is 89.2 Å². The zero-order valence-electron chi connectivity index (χ0n) is 9.36. The molecule has 5 nitrogen and oxygen atoms in total. The fourth-order valence-corrected chi connectivity index (χ4v) is 1.81. The lowest BCUT2D eigenvalue weighted by atomic mass is 10.0. The highest BCUT2D eigenvalue weighted by atomic mass is 16.5. The Kier molecular flexibility index (Phi) is 3.02. The second-order valence-electron chi connectivity index (χ2n) is 4.07. The van der Waals surface area contributed by atoms with E-state index in [1.807, 2.05) is 6.92 Å². The Morgan fingerprint density at radius 3 is 3.00 bits per heavy atom. The van der Waals surface area contributed by atoms with Gasteiger partial charge < -0.3 is 14.6 Å². The second kappa shape index (κ2) is 4.28. The number of methoxy groups -OCH3 is 1. The average molecular weight is 211 g/mol. The summed E-state index contributed by atoms with van der Waals surface area (Å²) in [7, 11) is 1.64. The van der Waals surface area contributed by atoms with Crippen LogP contribution in [-0.2, 0) is 4.74 Å². The zero-order valence-corrected chi connectivity index (χ0v) is 9.36. The van der Waals surface area contributed by atoms with E-state index in [1.165, 1.54) is 0 Å². The van der Waals surface area contributed by atoms with Crippen LogP contribution in [0.25, 0.3) is 0 Å². The van der Waals surface area contributed by atoms with Crippen LogP contribution in [0.1, 0.15) is 44.1 Å². The molecule has 1 fully saturated rings. The Morgan fingerprint density at radius 2 is 2.40 bits per heavy atom. The van der Waals surface area contributed by atoms with Crippen molar-refractivity contribution in [3.63, 3.8) is 0 Å². The Balaban J connectivity index is 2.12. The molecule has 15 heavy (non-hydrogen) atoms. The molecular weight excluding hydrogens is 194 g/mol. The molecule has 1 N–H and O–H groups in total. The minimum absolute atomic E-state index is 0.112. The van der Waals surface area contributed by atoms with E-state index >= 15 is 0 Å². The van der Waals surface area contributed by atoms with Gasteiger partial charge in [0.2, 0.25) is 5.89 Å². The average Bonchev–Trinajstić information content (AvgIpc) is 2.84. The first kappa shape index (κ1) is 10.6. The maximum absolute atomic E-state index is 5.24. The number of hydrogen-bond acceptors (Lipinski definition) is 5. The quantitative estimate of drug-likeness (QED) is 0.820. The summed E-state index contributed by atoms with van der Waals surface area (Å²) in [6.45, 7) is 5.11. The number of hydrogen-bond donors (Lipinski definition) is 1. The molecule has 0 aliphatic carbocycles. The molecule has 0 saturated carbocycles. The summed E-state index contributed by atoms with van der Waals surface area (Å²) in [6.07, 6.45) is 1.04. The molecule has 0 amide bonds. The normalized spacial score (nSPS) is 28.2. The molecule has 2 heterocycles. The van der Waals surface area contributed by atoms with Crippen LogP contribution in [0.4, 0.5) is 0 Å². The van der Waals surface area contributed by atoms with Crippen molar-refractivity contribution in [1.82, 2.24) is 15.5 Å². The van der Waals surface area contributed by atoms with Gasteiger partial charge in [-0.2, -0.15) is 4.98 Å². The van der Waals surface area contributed by atoms with Crippen LogP contribution in [0, 0.1) is 5.92 Å². The zero-order chi connectivity index (χ0) is 10.8. The van der Waals surface area contributed by atoms with Gasteiger partial charge in [0.1, 0.15) is 6.10 Å². The van der Waals surface area contributed by atoms with E-state index in [0.717, 1.165) is 13.0 Å². The minimum atomic E-state index is -0.112. The summed E-state index contributed by atoms with van der Waals surface area (Å²) in [5, 5.41) is 7.27. The molecule has 0 aromatic carbocycles. The van der Waals surface area contributed by atoms with Gasteiger partial charge in [0, 0.05) is 7.11 Å². The molecule has 1 aromatic heterocycles. The maximum Gasteiger partial charge on any atom is 0.244 e. The summed E-state index contributed by atoms with van der Waals surface area (Å²) < 4.78 is 10.4. The van der Waals surface area contributed by atoms with Gasteiger partial charge in [-0.3, -0.25) is 0 Å². The van der Waals surface area contributed by atoms with Crippen molar-refractivity contribution in [2.24, 2.45) is 5.92 Å². The van der Waals surface area contributed by atoms with Crippen molar-refractivity contribution in [2.45, 2.75) is 32.4 Å². The van der Waals surface area contributed by atoms with Gasteiger partial charge >= 0.3 is 0 Å². The first-order valence-electron chi connectivity index (χ1n) is 5.32. The molecule has 84 valence electrons. The lowest BCUT2D eigenvalue weighted by molar-refractivity contribution is 0.109. The third-order valence-electron chi connectivity index (χ3n) is 2.97. The van der Waals surface area contributed by atoms with Gasteiger partial charge in [0.05, 0.1) is 6.04 Å². The van der Waals surface area contributed by atoms with Crippen LogP contribution in [0.3, 0.4) is 0 Å². The molecule has 1 aliphatic rings. The standard InChI is InChI=1S/C10H17N3O2/c1-6-4-5-11-8(6)10-12-9(13-15-10)7(2)14-3/h6-8,11H,4-5H2,1-3H3. The number of nitrogens with zero attached hydrogens (tertiary/aromatic N) is 2. The third kappa shape index (κ3) is 2.03. The second-order valence-corrected chi connectivity index (χ2v) is 4.07. The molecule has 3 unspecified atom stereocenters. The lowest BCUT2D eigenvalue weighted by Gasteiger charge is -2.09. The predicted octanol–water partition coefficient (Wildman–Crippen LogP) is 1.45. The third-order valence-corrected chi connectivity index (χ3v) is 2.97. The molecule has 3 atom stereocenters. The first-order chi connectivity index (χ1) is 7.22. The van der Waals surface area contributed by atoms with Gasteiger partial charge in [-0.1, -0.05) is 12.1 Å². The SMILES string of the molecule is COC(C)c1noc(C2NCCC2C)n1. The molecule has 1 aliphatic heterocycles. The van der Waals surface area contributed by atoms with Gasteiger partial charge in [-0.15, -0.1) is 0 Å². The van der Waals surface area contributed by atoms with E-state index in [4.69, 9.17) is 9.26 Å². The summed E-state index contributed by atoms with van der Waals surface area (Å²) in [5.74, 6) is 1.85. The predicted molar refractivity (Wildman–Crippen MR) is 54.2 cm³/mol. The Bertz CT molecular complexity index is 326. The van der Waals surface area contributed by atoms with Gasteiger partial charge in [0.15, 0.2) is 5.82 Å². The van der Waals surface area contributed by atoms with Crippen molar-refractivity contribution >= 4 is 0 Å². The highest BCUT2D eigenvalue weighted by Crippen LogP contribution is 2.28. The fourth-order valence-electron chi connectivity index (χ4n) is 1.81. The van der Waals surface area contributed by atoms with Crippen molar-refractivity contribution < 1.29 is 9.26 Å². The number of nitrogens with one attached hydrogen (secondary N) is 1. The highest BCUT2D eigenvalue weighted by Gasteiger charge is 2.29. The number of aromatic nitrogens is 2. The molecule has 1 saturated heterocycles. The topological polar surface area (TPSA) is 60.2 Å². The van der Waals surface area contributed by atoms with E-state index in [-0.39, 0.29) is 12.1 Å². The molecule has 0 spiro atoms. The van der Waals surface area contributed by atoms with Crippen LogP contribution < -0.4 is 5.32 Å². The lowest BCUT2D eigenvalue weighted by Crippen LogP contribution is -2.17. The van der Waals surface area contributed by atoms with Gasteiger partial charge in [0.25, 0.3) is 0 Å². The van der Waals surface area contributed by atoms with Gasteiger partial charge in [-0.05, 0) is 25.8 Å². The molecule has 0 bridgehead atoms. The number of rotatable bonds is 3. The van der Waals surface area contributed by atoms with E-state index in [9.17, 15) is 0 Å². The van der Waals surface area contributed by atoms with Crippen LogP contribution in [0.2, 0.25) is 0 Å². The van der Waals surface area contributed by atoms with E-state index < -0.39 is 0 Å². The Hall–Kier alpha value is -0.940. The molecular formula is C10H17N3O2. The smallest absolute Gasteiger partial charge is 0.244 e. The molecule has 5 heteroatoms. The van der Waals surface area contributed by atoms with Crippen molar-refractivity contribution in [1.29, 1.82) is 0 Å². The molecule has 2 rings (SSSR count). The molecule has 0 radical (unpaired) electrons. The van der Waals surface area contributed by atoms with E-state index in [0.29, 0.717) is 17.6 Å². The van der Waals surface area contributed by atoms with Gasteiger partial charge in [-0.25, -0.2) is 0 Å². The van der Waals surface area contributed by atoms with E-state index in [2.05, 4.69) is 22.4 Å². The highest BCUT2D eigenvalue weighted by molar-refractivity contribution is 4.99. The van der Waals surface area contributed by atoms with E-state index in [1.54, 1.807) is 7.11 Å². The van der Waals surface area contributed by atoms with Crippen LogP contribution >= 0.6 is 0 Å². The van der Waals surface area contributed by atoms with Crippen molar-refractivity contribution in [2.75, 3.05) is 13.7 Å². The maximum atomic E-state index is 5.24. The number of ether oxygens (including phenoxy) is 1. The van der Waals surface area contributed by atoms with Crippen LogP contribution in [0.15, 0.2) is 4.52 Å². The summed E-state index contributed by atoms with van der Waals surface area (Å²) in [5.41, 5.74) is 0. The first-order valence-corrected chi connectivity index (χ1v) is 5.32. The van der Waals surface area contributed by atoms with Crippen molar-refractivity contribution in [3.8, 4) is 0 Å². The van der Waals surface area contributed by atoms with Crippen LogP contribution in [0.5, 0.6) is 0 Å². The monoisotopic (exact) mass is 211 g/mol. The van der Waals surface area contributed by atoms with Crippen LogP contribution in [-0.4, -0.2) is 23.8 Å². The molecule has 1 aromatic rings. The largest absolute Gasteiger partial charge is 0.374 e.